The van der Waals surface area contributed by atoms with Crippen molar-refractivity contribution in [1.29, 1.82) is 0 Å². The third-order valence-corrected chi connectivity index (χ3v) is 7.49. The van der Waals surface area contributed by atoms with Gasteiger partial charge in [0.05, 0.1) is 0 Å². The quantitative estimate of drug-likeness (QED) is 0.514. The lowest BCUT2D eigenvalue weighted by atomic mass is 9.59. The monoisotopic (exact) mass is 322 g/mol. The molecule has 0 saturated heterocycles. The van der Waals surface area contributed by atoms with E-state index in [-0.39, 0.29) is 5.41 Å². The number of hydrogen-bond donors (Lipinski definition) is 0. The van der Waals surface area contributed by atoms with Gasteiger partial charge < -0.3 is 0 Å². The first-order chi connectivity index (χ1) is 12.2. The maximum Gasteiger partial charge on any atom is 0.0217 e. The molecule has 0 unspecified atom stereocenters. The second kappa shape index (κ2) is 4.43. The Morgan fingerprint density at radius 3 is 2.16 bits per heavy atom. The fraction of sp³-hybridized carbons (Fsp3) is 0.280. The highest BCUT2D eigenvalue weighted by molar-refractivity contribution is 5.61. The number of rotatable bonds is 1. The molecule has 3 aliphatic carbocycles. The van der Waals surface area contributed by atoms with Gasteiger partial charge in [0.2, 0.25) is 0 Å². The van der Waals surface area contributed by atoms with Crippen LogP contribution in [0.15, 0.2) is 78.9 Å². The molecule has 6 rings (SSSR count). The number of benzene rings is 3. The van der Waals surface area contributed by atoms with E-state index >= 15 is 0 Å². The van der Waals surface area contributed by atoms with Crippen molar-refractivity contribution in [2.45, 2.75) is 37.0 Å². The van der Waals surface area contributed by atoms with Crippen molar-refractivity contribution in [1.82, 2.24) is 0 Å². The molecule has 2 bridgehead atoms. The maximum atomic E-state index is 2.56. The van der Waals surface area contributed by atoms with Crippen LogP contribution in [0.3, 0.4) is 0 Å². The molecule has 0 N–H and O–H groups in total. The van der Waals surface area contributed by atoms with Crippen LogP contribution in [0.1, 0.15) is 59.4 Å². The summed E-state index contributed by atoms with van der Waals surface area (Å²) in [6.07, 6.45) is 2.52. The predicted octanol–water partition coefficient (Wildman–Crippen LogP) is 6.02. The van der Waals surface area contributed by atoms with Crippen LogP contribution in [0.5, 0.6) is 0 Å². The van der Waals surface area contributed by atoms with Crippen molar-refractivity contribution in [3.63, 3.8) is 0 Å². The summed E-state index contributed by atoms with van der Waals surface area (Å²) in [4.78, 5) is 0. The lowest BCUT2D eigenvalue weighted by Crippen LogP contribution is -2.36. The zero-order chi connectivity index (χ0) is 16.6. The molecule has 122 valence electrons. The summed E-state index contributed by atoms with van der Waals surface area (Å²) in [7, 11) is 0. The van der Waals surface area contributed by atoms with Crippen LogP contribution in [0.25, 0.3) is 0 Å². The molecule has 1 fully saturated rings. The average Bonchev–Trinajstić information content (AvgIpc) is 3.06. The number of hydrogen-bond acceptors (Lipinski definition) is 0. The van der Waals surface area contributed by atoms with E-state index in [1.165, 1.54) is 18.4 Å². The van der Waals surface area contributed by atoms with Gasteiger partial charge >= 0.3 is 0 Å². The summed E-state index contributed by atoms with van der Waals surface area (Å²) in [5, 5.41) is 0. The zero-order valence-corrected chi connectivity index (χ0v) is 14.6. The van der Waals surface area contributed by atoms with Crippen LogP contribution in [0.2, 0.25) is 0 Å². The van der Waals surface area contributed by atoms with Gasteiger partial charge in [-0.2, -0.15) is 0 Å². The van der Waals surface area contributed by atoms with E-state index in [1.807, 2.05) is 0 Å². The molecule has 0 nitrogen and oxygen atoms in total. The Morgan fingerprint density at radius 2 is 1.36 bits per heavy atom. The van der Waals surface area contributed by atoms with Gasteiger partial charge in [0, 0.05) is 11.3 Å². The zero-order valence-electron chi connectivity index (χ0n) is 14.6. The molecule has 3 aromatic carbocycles. The molecular formula is C25H22. The third kappa shape index (κ3) is 1.50. The summed E-state index contributed by atoms with van der Waals surface area (Å²) in [6.45, 7) is 2.56. The normalized spacial score (nSPS) is 33.8. The lowest BCUT2D eigenvalue weighted by Gasteiger charge is -2.44. The van der Waals surface area contributed by atoms with Crippen molar-refractivity contribution in [3.8, 4) is 0 Å². The fourth-order valence-electron chi connectivity index (χ4n) is 6.69. The first-order valence-electron chi connectivity index (χ1n) is 9.48. The number of fused-ring (bicyclic) bond motifs is 7. The standard InChI is InChI=1S/C25H22/c1-24-16-25(17-9-3-2-4-10-17)15-22(24)18-11-5-6-12-19(18)23(24)20-13-7-8-14-21(20)25/h2-14,22-23H,15-16H2,1H3/t22-,23-,24-,25-/m1/s1. The molecular weight excluding hydrogens is 300 g/mol. The van der Waals surface area contributed by atoms with Crippen LogP contribution < -0.4 is 0 Å². The van der Waals surface area contributed by atoms with Crippen molar-refractivity contribution in [2.75, 3.05) is 0 Å². The largest absolute Gasteiger partial charge is 0.0622 e. The van der Waals surface area contributed by atoms with Gasteiger partial charge in [-0.05, 0) is 52.0 Å². The molecule has 0 heterocycles. The molecule has 4 atom stereocenters. The highest BCUT2D eigenvalue weighted by Crippen LogP contribution is 2.74. The molecule has 3 aliphatic rings. The molecule has 0 radical (unpaired) electrons. The van der Waals surface area contributed by atoms with Crippen LogP contribution in [0, 0.1) is 5.41 Å². The minimum absolute atomic E-state index is 0.182. The van der Waals surface area contributed by atoms with Gasteiger partial charge in [-0.25, -0.2) is 0 Å². The summed E-state index contributed by atoms with van der Waals surface area (Å²) in [6, 6.07) is 29.8. The third-order valence-electron chi connectivity index (χ3n) is 7.49. The first-order valence-corrected chi connectivity index (χ1v) is 9.48. The summed E-state index contributed by atoms with van der Waals surface area (Å²) < 4.78 is 0. The summed E-state index contributed by atoms with van der Waals surface area (Å²) in [5.41, 5.74) is 8.39. The van der Waals surface area contributed by atoms with E-state index in [2.05, 4.69) is 85.8 Å². The van der Waals surface area contributed by atoms with Crippen LogP contribution in [-0.2, 0) is 5.41 Å². The van der Waals surface area contributed by atoms with Gasteiger partial charge in [-0.15, -0.1) is 0 Å². The van der Waals surface area contributed by atoms with E-state index in [4.69, 9.17) is 0 Å². The molecule has 0 aromatic heterocycles. The minimum atomic E-state index is 0.182. The minimum Gasteiger partial charge on any atom is -0.0622 e. The van der Waals surface area contributed by atoms with Gasteiger partial charge in [0.15, 0.2) is 0 Å². The second-order valence-corrected chi connectivity index (χ2v) is 8.54. The molecule has 0 heteroatoms. The van der Waals surface area contributed by atoms with Crippen molar-refractivity contribution in [3.05, 3.63) is 107 Å². The Bertz CT molecular complexity index is 986. The maximum absolute atomic E-state index is 2.56. The van der Waals surface area contributed by atoms with Crippen molar-refractivity contribution < 1.29 is 0 Å². The summed E-state index contributed by atoms with van der Waals surface area (Å²) >= 11 is 0. The van der Waals surface area contributed by atoms with Crippen molar-refractivity contribution >= 4 is 0 Å². The highest BCUT2D eigenvalue weighted by atomic mass is 14.7. The van der Waals surface area contributed by atoms with Gasteiger partial charge in [-0.1, -0.05) is 85.8 Å². The second-order valence-electron chi connectivity index (χ2n) is 8.54. The SMILES string of the molecule is C[C@@]12C[C@@]3(c4ccccc4)C[C@@H]1c1ccccc1[C@@H]2c1ccccc13. The van der Waals surface area contributed by atoms with E-state index in [0.717, 1.165) is 0 Å². The van der Waals surface area contributed by atoms with Crippen LogP contribution in [0.4, 0.5) is 0 Å². The molecule has 3 aromatic rings. The van der Waals surface area contributed by atoms with Gasteiger partial charge in [0.1, 0.15) is 0 Å². The fourth-order valence-corrected chi connectivity index (χ4v) is 6.69. The molecule has 0 spiro atoms. The Kier molecular flexibility index (Phi) is 2.46. The Morgan fingerprint density at radius 1 is 0.720 bits per heavy atom. The Hall–Kier alpha value is -2.34. The average molecular weight is 322 g/mol. The molecule has 1 saturated carbocycles. The molecule has 0 amide bonds. The topological polar surface area (TPSA) is 0 Å². The van der Waals surface area contributed by atoms with Crippen LogP contribution >= 0.6 is 0 Å². The summed E-state index contributed by atoms with van der Waals surface area (Å²) in [5.74, 6) is 1.23. The molecule has 0 aliphatic heterocycles. The van der Waals surface area contributed by atoms with Gasteiger partial charge in [0.25, 0.3) is 0 Å². The Labute approximate surface area is 149 Å². The van der Waals surface area contributed by atoms with Crippen molar-refractivity contribution in [2.24, 2.45) is 5.41 Å². The van der Waals surface area contributed by atoms with Gasteiger partial charge in [-0.3, -0.25) is 0 Å². The Balaban J connectivity index is 1.71. The lowest BCUT2D eigenvalue weighted by molar-refractivity contribution is 0.256. The highest BCUT2D eigenvalue weighted by Gasteiger charge is 2.65. The van der Waals surface area contributed by atoms with E-state index in [0.29, 0.717) is 17.3 Å². The first kappa shape index (κ1) is 13.9. The van der Waals surface area contributed by atoms with Crippen LogP contribution in [-0.4, -0.2) is 0 Å². The smallest absolute Gasteiger partial charge is 0.0217 e. The molecule has 25 heavy (non-hydrogen) atoms. The van der Waals surface area contributed by atoms with E-state index < -0.39 is 0 Å². The predicted molar refractivity (Wildman–Crippen MR) is 102 cm³/mol. The van der Waals surface area contributed by atoms with E-state index in [1.54, 1.807) is 22.3 Å². The van der Waals surface area contributed by atoms with E-state index in [9.17, 15) is 0 Å².